The average Bonchev–Trinajstić information content (AvgIpc) is 2.35. The Hall–Kier alpha value is -1.55. The van der Waals surface area contributed by atoms with Crippen LogP contribution in [0.15, 0.2) is 24.3 Å². The number of fused-ring (bicyclic) bond motifs is 1. The molecule has 0 aliphatic carbocycles. The van der Waals surface area contributed by atoms with Crippen molar-refractivity contribution in [1.82, 2.24) is 5.32 Å². The number of anilines is 1. The molecule has 0 unspecified atom stereocenters. The highest BCUT2D eigenvalue weighted by Crippen LogP contribution is 2.30. The number of hydrogen-bond donors (Lipinski definition) is 1. The molecule has 2 rings (SSSR count). The molecule has 86 valence electrons. The minimum Gasteiger partial charge on any atom is -0.490 e. The molecule has 4 nitrogen and oxygen atoms in total. The van der Waals surface area contributed by atoms with E-state index >= 15 is 0 Å². The Morgan fingerprint density at radius 2 is 2.31 bits per heavy atom. The lowest BCUT2D eigenvalue weighted by atomic mass is 10.2. The van der Waals surface area contributed by atoms with Crippen molar-refractivity contribution in [1.29, 1.82) is 0 Å². The van der Waals surface area contributed by atoms with Crippen LogP contribution in [0.5, 0.6) is 5.75 Å². The summed E-state index contributed by atoms with van der Waals surface area (Å²) in [5.41, 5.74) is 0.872. The molecule has 0 fully saturated rings. The first kappa shape index (κ1) is 11.0. The standard InChI is InChI=1S/C12H16N2O2/c1-2-13-9-12(15)14-7-8-16-11-6-4-3-5-10(11)14/h3-6,13H,2,7-9H2,1H3. The Balaban J connectivity index is 2.15. The number of ether oxygens (including phenoxy) is 1. The number of carbonyl (C=O) groups excluding carboxylic acids is 1. The van der Waals surface area contributed by atoms with E-state index in [1.807, 2.05) is 31.2 Å². The number of amides is 1. The average molecular weight is 220 g/mol. The summed E-state index contributed by atoms with van der Waals surface area (Å²) < 4.78 is 5.49. The van der Waals surface area contributed by atoms with Gasteiger partial charge in [-0.3, -0.25) is 4.79 Å². The molecule has 4 heteroatoms. The first-order chi connectivity index (χ1) is 7.83. The largest absolute Gasteiger partial charge is 0.490 e. The summed E-state index contributed by atoms with van der Waals surface area (Å²) >= 11 is 0. The number of rotatable bonds is 3. The van der Waals surface area contributed by atoms with Crippen molar-refractivity contribution < 1.29 is 9.53 Å². The highest BCUT2D eigenvalue weighted by atomic mass is 16.5. The van der Waals surface area contributed by atoms with Crippen molar-refractivity contribution >= 4 is 11.6 Å². The molecule has 0 saturated carbocycles. The van der Waals surface area contributed by atoms with Gasteiger partial charge in [-0.2, -0.15) is 0 Å². The fourth-order valence-electron chi connectivity index (χ4n) is 1.76. The monoisotopic (exact) mass is 220 g/mol. The lowest BCUT2D eigenvalue weighted by Gasteiger charge is -2.29. The number of para-hydroxylation sites is 2. The van der Waals surface area contributed by atoms with Crippen LogP contribution in [0.1, 0.15) is 6.92 Å². The van der Waals surface area contributed by atoms with E-state index in [1.165, 1.54) is 0 Å². The number of carbonyl (C=O) groups is 1. The molecule has 1 aliphatic rings. The lowest BCUT2D eigenvalue weighted by Crippen LogP contribution is -2.42. The summed E-state index contributed by atoms with van der Waals surface area (Å²) in [6, 6.07) is 7.64. The Kier molecular flexibility index (Phi) is 3.41. The van der Waals surface area contributed by atoms with E-state index in [9.17, 15) is 4.79 Å². The van der Waals surface area contributed by atoms with Gasteiger partial charge in [0, 0.05) is 0 Å². The molecule has 0 atom stereocenters. The second-order valence-corrected chi connectivity index (χ2v) is 3.64. The first-order valence-corrected chi connectivity index (χ1v) is 5.56. The van der Waals surface area contributed by atoms with Gasteiger partial charge < -0.3 is 15.0 Å². The minimum absolute atomic E-state index is 0.0950. The zero-order valence-corrected chi connectivity index (χ0v) is 9.40. The van der Waals surface area contributed by atoms with Gasteiger partial charge in [0.15, 0.2) is 0 Å². The van der Waals surface area contributed by atoms with E-state index in [4.69, 9.17) is 4.74 Å². The summed E-state index contributed by atoms with van der Waals surface area (Å²) in [6.45, 7) is 4.36. The van der Waals surface area contributed by atoms with Crippen LogP contribution < -0.4 is 15.0 Å². The molecule has 0 saturated heterocycles. The third-order valence-corrected chi connectivity index (χ3v) is 2.56. The summed E-state index contributed by atoms with van der Waals surface area (Å²) in [5.74, 6) is 0.885. The maximum atomic E-state index is 11.9. The Morgan fingerprint density at radius 3 is 3.12 bits per heavy atom. The van der Waals surface area contributed by atoms with Crippen LogP contribution >= 0.6 is 0 Å². The zero-order chi connectivity index (χ0) is 11.4. The Morgan fingerprint density at radius 1 is 1.50 bits per heavy atom. The third kappa shape index (κ3) is 2.17. The molecule has 1 heterocycles. The van der Waals surface area contributed by atoms with Crippen molar-refractivity contribution in [2.24, 2.45) is 0 Å². The van der Waals surface area contributed by atoms with E-state index in [0.717, 1.165) is 18.0 Å². The summed E-state index contributed by atoms with van der Waals surface area (Å²) in [5, 5.41) is 3.04. The first-order valence-electron chi connectivity index (χ1n) is 5.56. The van der Waals surface area contributed by atoms with E-state index in [1.54, 1.807) is 4.90 Å². The van der Waals surface area contributed by atoms with Gasteiger partial charge in [-0.1, -0.05) is 19.1 Å². The zero-order valence-electron chi connectivity index (χ0n) is 9.40. The minimum atomic E-state index is 0.0950. The second kappa shape index (κ2) is 4.99. The van der Waals surface area contributed by atoms with Gasteiger partial charge in [0.1, 0.15) is 12.4 Å². The molecule has 0 aromatic heterocycles. The van der Waals surface area contributed by atoms with Crippen LogP contribution in [0.2, 0.25) is 0 Å². The summed E-state index contributed by atoms with van der Waals surface area (Å²) in [6.07, 6.45) is 0. The van der Waals surface area contributed by atoms with Gasteiger partial charge in [-0.25, -0.2) is 0 Å². The molecule has 1 aromatic carbocycles. The van der Waals surface area contributed by atoms with Crippen LogP contribution in [-0.4, -0.2) is 32.1 Å². The number of hydrogen-bond acceptors (Lipinski definition) is 3. The molecule has 1 aromatic rings. The number of nitrogens with zero attached hydrogens (tertiary/aromatic N) is 1. The van der Waals surface area contributed by atoms with Crippen molar-refractivity contribution in [3.63, 3.8) is 0 Å². The van der Waals surface area contributed by atoms with E-state index in [0.29, 0.717) is 19.7 Å². The topological polar surface area (TPSA) is 41.6 Å². The fourth-order valence-corrected chi connectivity index (χ4v) is 1.76. The van der Waals surface area contributed by atoms with Crippen LogP contribution in [-0.2, 0) is 4.79 Å². The molecule has 1 N–H and O–H groups in total. The highest BCUT2D eigenvalue weighted by Gasteiger charge is 2.22. The van der Waals surface area contributed by atoms with Crippen LogP contribution in [0, 0.1) is 0 Å². The molecule has 1 aliphatic heterocycles. The van der Waals surface area contributed by atoms with E-state index < -0.39 is 0 Å². The normalized spacial score (nSPS) is 14.2. The van der Waals surface area contributed by atoms with E-state index in [-0.39, 0.29) is 5.91 Å². The van der Waals surface area contributed by atoms with Crippen LogP contribution in [0.3, 0.4) is 0 Å². The van der Waals surface area contributed by atoms with Gasteiger partial charge in [0.05, 0.1) is 18.8 Å². The predicted molar refractivity (Wildman–Crippen MR) is 62.8 cm³/mol. The quantitative estimate of drug-likeness (QED) is 0.827. The molecule has 16 heavy (non-hydrogen) atoms. The summed E-state index contributed by atoms with van der Waals surface area (Å²) in [7, 11) is 0. The van der Waals surface area contributed by atoms with Gasteiger partial charge in [0.2, 0.25) is 5.91 Å². The molecule has 1 amide bonds. The van der Waals surface area contributed by atoms with Gasteiger partial charge in [0.25, 0.3) is 0 Å². The smallest absolute Gasteiger partial charge is 0.241 e. The molecular weight excluding hydrogens is 204 g/mol. The molecule has 0 spiro atoms. The molecular formula is C12H16N2O2. The maximum absolute atomic E-state index is 11.9. The van der Waals surface area contributed by atoms with Crippen molar-refractivity contribution in [3.8, 4) is 5.75 Å². The number of nitrogens with one attached hydrogen (secondary N) is 1. The maximum Gasteiger partial charge on any atom is 0.241 e. The molecule has 0 bridgehead atoms. The lowest BCUT2D eigenvalue weighted by molar-refractivity contribution is -0.118. The van der Waals surface area contributed by atoms with Crippen molar-refractivity contribution in [2.75, 3.05) is 31.1 Å². The SMILES string of the molecule is CCNCC(=O)N1CCOc2ccccc21. The summed E-state index contributed by atoms with van der Waals surface area (Å²) in [4.78, 5) is 13.7. The highest BCUT2D eigenvalue weighted by molar-refractivity contribution is 5.96. The fraction of sp³-hybridized carbons (Fsp3) is 0.417. The van der Waals surface area contributed by atoms with Gasteiger partial charge >= 0.3 is 0 Å². The van der Waals surface area contributed by atoms with Crippen LogP contribution in [0.25, 0.3) is 0 Å². The Bertz CT molecular complexity index is 379. The van der Waals surface area contributed by atoms with Crippen molar-refractivity contribution in [3.05, 3.63) is 24.3 Å². The third-order valence-electron chi connectivity index (χ3n) is 2.56. The van der Waals surface area contributed by atoms with E-state index in [2.05, 4.69) is 5.32 Å². The Labute approximate surface area is 95.2 Å². The number of benzene rings is 1. The molecule has 0 radical (unpaired) electrons. The second-order valence-electron chi connectivity index (χ2n) is 3.64. The van der Waals surface area contributed by atoms with Crippen molar-refractivity contribution in [2.45, 2.75) is 6.92 Å². The van der Waals surface area contributed by atoms with Gasteiger partial charge in [-0.05, 0) is 18.7 Å². The van der Waals surface area contributed by atoms with Crippen LogP contribution in [0.4, 0.5) is 5.69 Å². The predicted octanol–water partition coefficient (Wildman–Crippen LogP) is 1.02. The number of likely N-dealkylation sites (N-methyl/N-ethyl adjacent to an activating group) is 1. The van der Waals surface area contributed by atoms with Gasteiger partial charge in [-0.15, -0.1) is 0 Å².